The first-order valence-electron chi connectivity index (χ1n) is 6.48. The molecule has 0 aliphatic carbocycles. The van der Waals surface area contributed by atoms with Gasteiger partial charge in [-0.3, -0.25) is 5.01 Å². The van der Waals surface area contributed by atoms with Crippen LogP contribution in [0.4, 0.5) is 0 Å². The Morgan fingerprint density at radius 1 is 1.11 bits per heavy atom. The summed E-state index contributed by atoms with van der Waals surface area (Å²) in [4.78, 5) is 0. The van der Waals surface area contributed by atoms with E-state index in [1.54, 1.807) is 6.26 Å². The normalized spacial score (nSPS) is 15.2. The predicted octanol–water partition coefficient (Wildman–Crippen LogP) is 3.55. The third kappa shape index (κ3) is 3.13. The summed E-state index contributed by atoms with van der Waals surface area (Å²) >= 11 is 0. The highest BCUT2D eigenvalue weighted by Crippen LogP contribution is 2.13. The number of benzene rings is 1. The second kappa shape index (κ2) is 5.57. The maximum absolute atomic E-state index is 5.26. The molecule has 1 aliphatic rings. The zero-order valence-corrected chi connectivity index (χ0v) is 10.7. The zero-order valence-electron chi connectivity index (χ0n) is 10.7. The SMILES string of the molecule is C(=C\c1ccco1)/C1=NN(Cc2ccccc2)CC1. The summed E-state index contributed by atoms with van der Waals surface area (Å²) in [5.41, 5.74) is 2.40. The molecule has 0 amide bonds. The van der Waals surface area contributed by atoms with Crippen LogP contribution in [0.2, 0.25) is 0 Å². The molecule has 19 heavy (non-hydrogen) atoms. The fourth-order valence-corrected chi connectivity index (χ4v) is 2.11. The molecule has 3 rings (SSSR count). The third-order valence-corrected chi connectivity index (χ3v) is 3.09. The van der Waals surface area contributed by atoms with Crippen LogP contribution in [0.5, 0.6) is 0 Å². The molecule has 2 heterocycles. The van der Waals surface area contributed by atoms with Crippen molar-refractivity contribution in [3.63, 3.8) is 0 Å². The Morgan fingerprint density at radius 2 is 2.00 bits per heavy atom. The Bertz CT molecular complexity index is 570. The largest absolute Gasteiger partial charge is 0.465 e. The van der Waals surface area contributed by atoms with Gasteiger partial charge in [0.05, 0.1) is 18.5 Å². The van der Waals surface area contributed by atoms with Gasteiger partial charge in [0, 0.05) is 13.0 Å². The van der Waals surface area contributed by atoms with E-state index < -0.39 is 0 Å². The number of furan rings is 1. The highest BCUT2D eigenvalue weighted by molar-refractivity contribution is 5.98. The summed E-state index contributed by atoms with van der Waals surface area (Å²) in [6.07, 6.45) is 6.66. The molecule has 3 nitrogen and oxygen atoms in total. The lowest BCUT2D eigenvalue weighted by Crippen LogP contribution is -2.12. The van der Waals surface area contributed by atoms with E-state index in [4.69, 9.17) is 4.42 Å². The standard InChI is InChI=1S/C16H16N2O/c1-2-5-14(6-3-1)13-18-11-10-15(17-18)8-9-16-7-4-12-19-16/h1-9,12H,10-11,13H2/b9-8+. The molecule has 0 N–H and O–H groups in total. The van der Waals surface area contributed by atoms with Crippen molar-refractivity contribution in [1.82, 2.24) is 5.01 Å². The first-order valence-corrected chi connectivity index (χ1v) is 6.48. The van der Waals surface area contributed by atoms with E-state index in [9.17, 15) is 0 Å². The number of hydrogen-bond donors (Lipinski definition) is 0. The van der Waals surface area contributed by atoms with Crippen molar-refractivity contribution in [2.45, 2.75) is 13.0 Å². The third-order valence-electron chi connectivity index (χ3n) is 3.09. The van der Waals surface area contributed by atoms with E-state index in [2.05, 4.69) is 34.4 Å². The van der Waals surface area contributed by atoms with E-state index in [1.807, 2.05) is 30.4 Å². The molecule has 0 saturated heterocycles. The fourth-order valence-electron chi connectivity index (χ4n) is 2.11. The number of nitrogens with zero attached hydrogens (tertiary/aromatic N) is 2. The van der Waals surface area contributed by atoms with Crippen LogP contribution in [0.3, 0.4) is 0 Å². The lowest BCUT2D eigenvalue weighted by Gasteiger charge is -2.12. The summed E-state index contributed by atoms with van der Waals surface area (Å²) in [6, 6.07) is 14.2. The molecule has 0 atom stereocenters. The topological polar surface area (TPSA) is 28.7 Å². The van der Waals surface area contributed by atoms with Crippen LogP contribution >= 0.6 is 0 Å². The molecule has 0 unspecified atom stereocenters. The van der Waals surface area contributed by atoms with Crippen LogP contribution in [0.15, 0.2) is 64.3 Å². The number of allylic oxidation sites excluding steroid dienone is 1. The second-order valence-electron chi connectivity index (χ2n) is 4.56. The Kier molecular flexibility index (Phi) is 3.45. The van der Waals surface area contributed by atoms with Gasteiger partial charge in [-0.15, -0.1) is 0 Å². The van der Waals surface area contributed by atoms with Crippen LogP contribution in [-0.4, -0.2) is 17.3 Å². The number of rotatable bonds is 4. The van der Waals surface area contributed by atoms with Gasteiger partial charge in [-0.2, -0.15) is 5.10 Å². The second-order valence-corrected chi connectivity index (χ2v) is 4.56. The van der Waals surface area contributed by atoms with E-state index in [0.29, 0.717) is 0 Å². The highest BCUT2D eigenvalue weighted by Gasteiger charge is 2.12. The van der Waals surface area contributed by atoms with Gasteiger partial charge in [-0.25, -0.2) is 0 Å². The fraction of sp³-hybridized carbons (Fsp3) is 0.188. The van der Waals surface area contributed by atoms with Crippen LogP contribution in [0, 0.1) is 0 Å². The van der Waals surface area contributed by atoms with Crippen molar-refractivity contribution in [2.24, 2.45) is 5.10 Å². The molecule has 0 bridgehead atoms. The van der Waals surface area contributed by atoms with Crippen LogP contribution in [-0.2, 0) is 6.54 Å². The molecule has 0 spiro atoms. The van der Waals surface area contributed by atoms with Crippen LogP contribution in [0.1, 0.15) is 17.7 Å². The molecule has 3 heteroatoms. The van der Waals surface area contributed by atoms with Gasteiger partial charge in [0.25, 0.3) is 0 Å². The Balaban J connectivity index is 1.62. The van der Waals surface area contributed by atoms with E-state index in [1.165, 1.54) is 5.56 Å². The van der Waals surface area contributed by atoms with Crippen LogP contribution in [0.25, 0.3) is 6.08 Å². The van der Waals surface area contributed by atoms with Crippen molar-refractivity contribution in [2.75, 3.05) is 6.54 Å². The molecule has 1 aromatic heterocycles. The summed E-state index contributed by atoms with van der Waals surface area (Å²) in [5, 5.41) is 6.71. The van der Waals surface area contributed by atoms with Gasteiger partial charge < -0.3 is 4.42 Å². The molecular formula is C16H16N2O. The zero-order chi connectivity index (χ0) is 12.9. The van der Waals surface area contributed by atoms with Crippen molar-refractivity contribution in [1.29, 1.82) is 0 Å². The van der Waals surface area contributed by atoms with E-state index in [0.717, 1.165) is 31.0 Å². The molecule has 2 aromatic rings. The van der Waals surface area contributed by atoms with Crippen molar-refractivity contribution in [3.05, 3.63) is 66.1 Å². The molecule has 0 fully saturated rings. The molecule has 1 aliphatic heterocycles. The van der Waals surface area contributed by atoms with Gasteiger partial charge in [-0.05, 0) is 29.8 Å². The lowest BCUT2D eigenvalue weighted by molar-refractivity contribution is 0.310. The van der Waals surface area contributed by atoms with Gasteiger partial charge in [0.1, 0.15) is 5.76 Å². The Labute approximate surface area is 112 Å². The number of hydrazone groups is 1. The summed E-state index contributed by atoms with van der Waals surface area (Å²) in [5.74, 6) is 0.865. The first kappa shape index (κ1) is 11.8. The minimum absolute atomic E-state index is 0.865. The Morgan fingerprint density at radius 3 is 2.79 bits per heavy atom. The lowest BCUT2D eigenvalue weighted by atomic mass is 10.2. The number of hydrogen-bond acceptors (Lipinski definition) is 3. The smallest absolute Gasteiger partial charge is 0.126 e. The minimum Gasteiger partial charge on any atom is -0.465 e. The van der Waals surface area contributed by atoms with E-state index in [-0.39, 0.29) is 0 Å². The van der Waals surface area contributed by atoms with Gasteiger partial charge in [0.2, 0.25) is 0 Å². The maximum Gasteiger partial charge on any atom is 0.126 e. The molecular weight excluding hydrogens is 236 g/mol. The van der Waals surface area contributed by atoms with Gasteiger partial charge in [-0.1, -0.05) is 30.3 Å². The molecule has 1 aromatic carbocycles. The summed E-state index contributed by atoms with van der Waals surface area (Å²) in [6.45, 7) is 1.85. The first-order chi connectivity index (χ1) is 9.40. The van der Waals surface area contributed by atoms with Gasteiger partial charge >= 0.3 is 0 Å². The Hall–Kier alpha value is -2.29. The predicted molar refractivity (Wildman–Crippen MR) is 76.6 cm³/mol. The summed E-state index contributed by atoms with van der Waals surface area (Å²) in [7, 11) is 0. The van der Waals surface area contributed by atoms with Crippen molar-refractivity contribution < 1.29 is 4.42 Å². The summed E-state index contributed by atoms with van der Waals surface area (Å²) < 4.78 is 5.26. The monoisotopic (exact) mass is 252 g/mol. The molecule has 96 valence electrons. The maximum atomic E-state index is 5.26. The average Bonchev–Trinajstić information content (AvgIpc) is 3.09. The van der Waals surface area contributed by atoms with Crippen LogP contribution < -0.4 is 0 Å². The molecule has 0 radical (unpaired) electrons. The van der Waals surface area contributed by atoms with Crippen molar-refractivity contribution >= 4 is 11.8 Å². The van der Waals surface area contributed by atoms with Crippen molar-refractivity contribution in [3.8, 4) is 0 Å². The van der Waals surface area contributed by atoms with Gasteiger partial charge in [0.15, 0.2) is 0 Å². The quantitative estimate of drug-likeness (QED) is 0.832. The highest BCUT2D eigenvalue weighted by atomic mass is 16.3. The minimum atomic E-state index is 0.865. The average molecular weight is 252 g/mol. The molecule has 0 saturated carbocycles. The van der Waals surface area contributed by atoms with E-state index >= 15 is 0 Å².